The van der Waals surface area contributed by atoms with E-state index in [2.05, 4.69) is 186 Å². The number of benzene rings is 6. The van der Waals surface area contributed by atoms with E-state index < -0.39 is 11.7 Å². The number of hydrogen-bond acceptors (Lipinski definition) is 14. The van der Waals surface area contributed by atoms with Crippen LogP contribution in [0.5, 0.6) is 0 Å². The van der Waals surface area contributed by atoms with Gasteiger partial charge in [-0.15, -0.1) is 5.10 Å². The number of aromatic nitrogens is 18. The summed E-state index contributed by atoms with van der Waals surface area (Å²) in [5.74, 6) is 0. The van der Waals surface area contributed by atoms with Gasteiger partial charge in [0.1, 0.15) is 22.7 Å². The van der Waals surface area contributed by atoms with E-state index in [1.165, 1.54) is 111 Å². The lowest BCUT2D eigenvalue weighted by atomic mass is 10.1. The number of nitrogens with zero attached hydrogens (tertiary/aromatic N) is 15. The number of aromatic amines is 6. The third kappa shape index (κ3) is 15.0. The maximum Gasteiger partial charge on any atom is 0.419 e. The predicted molar refractivity (Wildman–Crippen MR) is 393 cm³/mol. The third-order valence-electron chi connectivity index (χ3n) is 18.4. The highest BCUT2D eigenvalue weighted by atomic mass is 79.9. The van der Waals surface area contributed by atoms with Gasteiger partial charge in [-0.05, 0) is 224 Å². The highest BCUT2D eigenvalue weighted by Gasteiger charge is 2.26. The average Bonchev–Trinajstić information content (AvgIpc) is 1.65. The van der Waals surface area contributed by atoms with Crippen LogP contribution < -0.4 is 0 Å². The minimum Gasteiger partial charge on any atom is -0.443 e. The molecule has 99 heavy (non-hydrogen) atoms. The molecule has 12 heterocycles. The van der Waals surface area contributed by atoms with Crippen molar-refractivity contribution in [1.29, 1.82) is 0 Å². The van der Waals surface area contributed by atoms with Crippen molar-refractivity contribution >= 4 is 87.4 Å². The Bertz CT molecular complexity index is 4940. The molecule has 6 aromatic carbocycles. The molecule has 0 atom stereocenters. The molecule has 23 nitrogen and oxygen atoms in total. The molecule has 0 aliphatic carbocycles. The summed E-state index contributed by atoms with van der Waals surface area (Å²) in [6.07, 6.45) is 21.5. The van der Waals surface area contributed by atoms with E-state index >= 15 is 0 Å². The standard InChI is InChI=1S/C26H29BrN4O2.2C23H23N7.C2H3N3.CH4/c1-26(2,3)33-25(32)31-22-10-7-17(16-30-11-5-4-6-12-30)13-18(22)14-23(31)24-20-9-8-19(27)15-21(20)28-29-24;1-2-10-29(11-3-1)15-16-4-7-20-17(12-16)13-22(26-20)23-19-6-5-18(14-21(19)27-28-23)30-24-8-9-25-30;1-2-9-29(10-3-1)15-16-4-7-20-17(12-16)13-22(25-20)23-19-6-5-18(14-21(19)26-27-23)30-11-8-24-28-30;1-2-4-5-3-1;/h7-10,13-15H,4-6,11-12,16H2,1-3H3,(H,28,29);4-9,12-14,26H,1-3,10-11,15H2,(H,27,28);4-8,11-14,25H,1-3,9-10,15H2,(H,26,27);1-2H,(H,3,4,5);1H4. The number of carbonyl (C=O) groups is 1. The van der Waals surface area contributed by atoms with Crippen molar-refractivity contribution in [3.05, 3.63) is 186 Å². The van der Waals surface area contributed by atoms with Crippen LogP contribution in [0.1, 0.15) is 103 Å². The van der Waals surface area contributed by atoms with Gasteiger partial charge in [-0.25, -0.2) is 14.0 Å². The van der Waals surface area contributed by atoms with Gasteiger partial charge in [-0.2, -0.15) is 45.7 Å². The van der Waals surface area contributed by atoms with E-state index in [0.29, 0.717) is 0 Å². The molecule has 6 N–H and O–H groups in total. The van der Waals surface area contributed by atoms with Gasteiger partial charge < -0.3 is 14.7 Å². The second-order valence-electron chi connectivity index (χ2n) is 26.6. The zero-order chi connectivity index (χ0) is 66.5. The zero-order valence-corrected chi connectivity index (χ0v) is 56.8. The molecule has 18 rings (SSSR count). The van der Waals surface area contributed by atoms with Gasteiger partial charge in [0, 0.05) is 67.5 Å². The fourth-order valence-electron chi connectivity index (χ4n) is 13.7. The van der Waals surface area contributed by atoms with Crippen LogP contribution in [0.4, 0.5) is 4.79 Å². The first-order valence-corrected chi connectivity index (χ1v) is 34.7. The number of hydrogen-bond donors (Lipinski definition) is 6. The number of rotatable bonds is 11. The monoisotopic (exact) mass is 1390 g/mol. The normalized spacial score (nSPS) is 14.8. The second kappa shape index (κ2) is 29.4. The Balaban J connectivity index is 0.000000122. The molecule has 0 radical (unpaired) electrons. The molecular weight excluding hydrogens is 1310 g/mol. The molecule has 0 amide bonds. The number of fused-ring (bicyclic) bond motifs is 6. The van der Waals surface area contributed by atoms with Crippen LogP contribution in [0.25, 0.3) is 111 Å². The van der Waals surface area contributed by atoms with Crippen molar-refractivity contribution in [2.45, 2.75) is 111 Å². The molecule has 15 aromatic rings. The summed E-state index contributed by atoms with van der Waals surface area (Å²) in [5, 5.41) is 55.4. The topological polar surface area (TPSA) is 262 Å². The number of ether oxygens (including phenoxy) is 1. The maximum atomic E-state index is 13.3. The van der Waals surface area contributed by atoms with Crippen LogP contribution in [-0.4, -0.2) is 156 Å². The summed E-state index contributed by atoms with van der Waals surface area (Å²) >= 11 is 3.51. The van der Waals surface area contributed by atoms with Crippen molar-refractivity contribution in [3.8, 4) is 45.5 Å². The SMILES string of the molecule is C.CC(C)(C)OC(=O)n1c(-c2n[nH]c3cc(Br)ccc23)cc2cc(CN3CCCCC3)ccc21.c1cn(-c2ccc3c(-c4cc5cc(CN6CCCCC6)ccc5[nH]4)n[nH]c3c2)nn1.c1cn[nH]n1.c1cnn(-c2ccc3c(-c4cc5cc(CN6CCCCC6)ccc5[nH]4)n[nH]c3c2)n1. The Hall–Kier alpha value is -10.4. The highest BCUT2D eigenvalue weighted by molar-refractivity contribution is 9.10. The average molecular weight is 1390 g/mol. The first-order valence-electron chi connectivity index (χ1n) is 33.9. The number of piperidine rings is 3. The minimum absolute atomic E-state index is 0. The van der Waals surface area contributed by atoms with Crippen LogP contribution in [0.15, 0.2) is 169 Å². The van der Waals surface area contributed by atoms with Crippen molar-refractivity contribution in [2.75, 3.05) is 39.3 Å². The van der Waals surface area contributed by atoms with E-state index in [9.17, 15) is 4.79 Å². The number of nitrogens with one attached hydrogen (secondary N) is 6. The molecule has 0 spiro atoms. The van der Waals surface area contributed by atoms with E-state index in [1.807, 2.05) is 75.5 Å². The van der Waals surface area contributed by atoms with Crippen molar-refractivity contribution in [3.63, 3.8) is 0 Å². The Labute approximate surface area is 580 Å². The van der Waals surface area contributed by atoms with Crippen LogP contribution >= 0.6 is 15.9 Å². The fourth-order valence-corrected chi connectivity index (χ4v) is 14.1. The molecule has 506 valence electrons. The molecule has 0 bridgehead atoms. The van der Waals surface area contributed by atoms with E-state index in [-0.39, 0.29) is 7.43 Å². The van der Waals surface area contributed by atoms with Gasteiger partial charge in [0.15, 0.2) is 0 Å². The van der Waals surface area contributed by atoms with E-state index in [1.54, 1.807) is 45.0 Å². The van der Waals surface area contributed by atoms with Gasteiger partial charge in [-0.1, -0.05) is 66.0 Å². The second-order valence-corrected chi connectivity index (χ2v) is 27.6. The summed E-state index contributed by atoms with van der Waals surface area (Å²) in [5.41, 5.74) is 16.6. The fraction of sp³-hybridized carbons (Fsp3) is 0.307. The summed E-state index contributed by atoms with van der Waals surface area (Å²) < 4.78 is 10.2. The number of carbonyl (C=O) groups excluding carboxylic acids is 1. The van der Waals surface area contributed by atoms with Gasteiger partial charge in [0.2, 0.25) is 0 Å². The molecule has 3 aliphatic rings. The van der Waals surface area contributed by atoms with E-state index in [4.69, 9.17) is 4.74 Å². The van der Waals surface area contributed by atoms with Crippen LogP contribution in [0.3, 0.4) is 0 Å². The smallest absolute Gasteiger partial charge is 0.419 e. The van der Waals surface area contributed by atoms with Gasteiger partial charge in [-0.3, -0.25) is 30.0 Å². The summed E-state index contributed by atoms with van der Waals surface area (Å²) in [6, 6.07) is 44.5. The van der Waals surface area contributed by atoms with Crippen molar-refractivity contribution < 1.29 is 9.53 Å². The molecule has 3 aliphatic heterocycles. The molecule has 3 fully saturated rings. The lowest BCUT2D eigenvalue weighted by molar-refractivity contribution is 0.0547. The third-order valence-corrected chi connectivity index (χ3v) is 18.9. The molecular formula is C75H82BrN21O2. The Morgan fingerprint density at radius 3 is 1.49 bits per heavy atom. The number of H-pyrrole nitrogens is 6. The Kier molecular flexibility index (Phi) is 19.5. The summed E-state index contributed by atoms with van der Waals surface area (Å²) in [6.45, 7) is 15.8. The number of halogens is 1. The number of likely N-dealkylation sites (tertiary alicyclic amines) is 3. The van der Waals surface area contributed by atoms with Gasteiger partial charge in [0.05, 0.1) is 87.7 Å². The zero-order valence-electron chi connectivity index (χ0n) is 55.2. The van der Waals surface area contributed by atoms with Gasteiger partial charge in [0.25, 0.3) is 0 Å². The first-order chi connectivity index (χ1) is 47.9. The molecule has 3 saturated heterocycles. The molecule has 0 unspecified atom stereocenters. The van der Waals surface area contributed by atoms with Crippen LogP contribution in [-0.2, 0) is 24.4 Å². The van der Waals surface area contributed by atoms with Crippen LogP contribution in [0.2, 0.25) is 0 Å². The minimum atomic E-state index is -0.600. The van der Waals surface area contributed by atoms with Crippen LogP contribution in [0, 0.1) is 0 Å². The molecule has 24 heteroatoms. The molecule has 0 saturated carbocycles. The highest BCUT2D eigenvalue weighted by Crippen LogP contribution is 2.36. The Morgan fingerprint density at radius 2 is 0.980 bits per heavy atom. The van der Waals surface area contributed by atoms with E-state index in [0.717, 1.165) is 137 Å². The summed E-state index contributed by atoms with van der Waals surface area (Å²) in [7, 11) is 0. The first kappa shape index (κ1) is 65.9. The molecule has 9 aromatic heterocycles. The lowest BCUT2D eigenvalue weighted by Gasteiger charge is -2.26. The quantitative estimate of drug-likeness (QED) is 0.0704. The van der Waals surface area contributed by atoms with Crippen molar-refractivity contribution in [2.24, 2.45) is 0 Å². The lowest BCUT2D eigenvalue weighted by Crippen LogP contribution is -2.29. The summed E-state index contributed by atoms with van der Waals surface area (Å²) in [4.78, 5) is 29.6. The Morgan fingerprint density at radius 1 is 0.495 bits per heavy atom. The van der Waals surface area contributed by atoms with Crippen molar-refractivity contribution in [1.82, 2.24) is 105 Å². The van der Waals surface area contributed by atoms with Gasteiger partial charge >= 0.3 is 6.09 Å². The largest absolute Gasteiger partial charge is 0.443 e. The predicted octanol–water partition coefficient (Wildman–Crippen LogP) is 15.7. The maximum absolute atomic E-state index is 13.3.